The van der Waals surface area contributed by atoms with Crippen LogP contribution in [-0.2, 0) is 16.7 Å². The van der Waals surface area contributed by atoms with Crippen molar-refractivity contribution >= 4 is 28.4 Å². The molecule has 3 saturated heterocycles. The van der Waals surface area contributed by atoms with E-state index in [0.29, 0.717) is 23.7 Å². The van der Waals surface area contributed by atoms with Crippen LogP contribution in [0.1, 0.15) is 54.4 Å². The maximum Gasteiger partial charge on any atom is 0.248 e. The van der Waals surface area contributed by atoms with Crippen LogP contribution in [0.25, 0.3) is 22.2 Å². The first-order valence-electron chi connectivity index (χ1n) is 15.2. The van der Waals surface area contributed by atoms with Crippen molar-refractivity contribution in [2.75, 3.05) is 13.2 Å². The SMILES string of the molecule is NC(=O)c1ccc2c(c1)c(-c1ccc(OC3CC4CCC(C3)N4C3COC3)cc1)nn2CC1(c2ccccc2Cl)CC1. The van der Waals surface area contributed by atoms with E-state index in [1.165, 1.54) is 18.4 Å². The minimum Gasteiger partial charge on any atom is -0.490 e. The highest BCUT2D eigenvalue weighted by Crippen LogP contribution is 2.52. The maximum atomic E-state index is 12.1. The molecule has 0 radical (unpaired) electrons. The normalized spacial score (nSPS) is 24.9. The average Bonchev–Trinajstić information content (AvgIpc) is 3.59. The van der Waals surface area contributed by atoms with Gasteiger partial charge in [-0.1, -0.05) is 29.8 Å². The molecule has 1 saturated carbocycles. The summed E-state index contributed by atoms with van der Waals surface area (Å²) in [7, 11) is 0. The lowest BCUT2D eigenvalue weighted by molar-refractivity contribution is -0.102. The van der Waals surface area contributed by atoms with E-state index in [1.54, 1.807) is 6.07 Å². The number of aromatic nitrogens is 2. The van der Waals surface area contributed by atoms with Gasteiger partial charge in [-0.2, -0.15) is 5.10 Å². The van der Waals surface area contributed by atoms with E-state index < -0.39 is 5.91 Å². The average molecular weight is 583 g/mol. The van der Waals surface area contributed by atoms with Crippen LogP contribution in [0.4, 0.5) is 0 Å². The molecule has 216 valence electrons. The predicted molar refractivity (Wildman–Crippen MR) is 163 cm³/mol. The number of nitrogens with two attached hydrogens (primary N) is 1. The molecule has 2 atom stereocenters. The molecule has 1 amide bonds. The molecular weight excluding hydrogens is 548 g/mol. The Morgan fingerprint density at radius 3 is 2.38 bits per heavy atom. The molecule has 8 heteroatoms. The first-order chi connectivity index (χ1) is 20.5. The van der Waals surface area contributed by atoms with Crippen molar-refractivity contribution < 1.29 is 14.3 Å². The number of amides is 1. The number of hydrogen-bond donors (Lipinski definition) is 1. The molecule has 3 aliphatic heterocycles. The molecule has 4 heterocycles. The number of fused-ring (bicyclic) bond motifs is 3. The summed E-state index contributed by atoms with van der Waals surface area (Å²) in [5, 5.41) is 6.83. The van der Waals surface area contributed by atoms with Gasteiger partial charge in [0.25, 0.3) is 0 Å². The molecule has 4 aliphatic rings. The summed E-state index contributed by atoms with van der Waals surface area (Å²) < 4.78 is 14.1. The second-order valence-corrected chi connectivity index (χ2v) is 13.0. The van der Waals surface area contributed by atoms with Gasteiger partial charge in [-0.15, -0.1) is 0 Å². The van der Waals surface area contributed by atoms with Crippen LogP contribution in [-0.4, -0.2) is 58.0 Å². The van der Waals surface area contributed by atoms with Crippen molar-refractivity contribution in [3.8, 4) is 17.0 Å². The van der Waals surface area contributed by atoms with Gasteiger partial charge in [-0.25, -0.2) is 0 Å². The number of carbonyl (C=O) groups excluding carboxylic acids is 1. The van der Waals surface area contributed by atoms with E-state index in [4.69, 9.17) is 31.9 Å². The number of primary amides is 1. The van der Waals surface area contributed by atoms with Crippen molar-refractivity contribution in [2.45, 2.75) is 74.7 Å². The van der Waals surface area contributed by atoms with Gasteiger partial charge >= 0.3 is 0 Å². The number of nitrogens with zero attached hydrogens (tertiary/aromatic N) is 3. The Hall–Kier alpha value is -3.39. The van der Waals surface area contributed by atoms with Crippen LogP contribution >= 0.6 is 11.6 Å². The van der Waals surface area contributed by atoms with Crippen molar-refractivity contribution in [1.29, 1.82) is 0 Å². The highest BCUT2D eigenvalue weighted by Gasteiger charge is 2.47. The van der Waals surface area contributed by atoms with Crippen molar-refractivity contribution in [2.24, 2.45) is 5.73 Å². The number of rotatable bonds is 8. The molecule has 2 N–H and O–H groups in total. The highest BCUT2D eigenvalue weighted by molar-refractivity contribution is 6.31. The van der Waals surface area contributed by atoms with Gasteiger partial charge < -0.3 is 15.2 Å². The third-order valence-corrected chi connectivity index (χ3v) is 10.3. The lowest BCUT2D eigenvalue weighted by Gasteiger charge is -2.46. The summed E-state index contributed by atoms with van der Waals surface area (Å²) in [6, 6.07) is 23.8. The lowest BCUT2D eigenvalue weighted by Crippen LogP contribution is -2.57. The smallest absolute Gasteiger partial charge is 0.248 e. The maximum absolute atomic E-state index is 12.1. The topological polar surface area (TPSA) is 82.6 Å². The van der Waals surface area contributed by atoms with E-state index >= 15 is 0 Å². The Morgan fingerprint density at radius 1 is 1.00 bits per heavy atom. The lowest BCUT2D eigenvalue weighted by atomic mass is 9.96. The number of hydrogen-bond acceptors (Lipinski definition) is 5. The van der Waals surface area contributed by atoms with E-state index in [1.807, 2.05) is 30.3 Å². The van der Waals surface area contributed by atoms with Crippen LogP contribution in [0.5, 0.6) is 5.75 Å². The molecule has 3 aromatic carbocycles. The van der Waals surface area contributed by atoms with E-state index in [-0.39, 0.29) is 11.5 Å². The second-order valence-electron chi connectivity index (χ2n) is 12.6. The van der Waals surface area contributed by atoms with Gasteiger partial charge in [0.05, 0.1) is 31.3 Å². The zero-order chi connectivity index (χ0) is 28.4. The number of benzene rings is 3. The Labute approximate surface area is 250 Å². The van der Waals surface area contributed by atoms with Gasteiger partial charge in [0.2, 0.25) is 5.91 Å². The summed E-state index contributed by atoms with van der Waals surface area (Å²) in [6.45, 7) is 2.48. The van der Waals surface area contributed by atoms with E-state index in [0.717, 1.165) is 78.4 Å². The monoisotopic (exact) mass is 582 g/mol. The minimum absolute atomic E-state index is 0.0325. The zero-order valence-corrected chi connectivity index (χ0v) is 24.3. The Bertz CT molecular complexity index is 1650. The number of carbonyl (C=O) groups is 1. The fourth-order valence-corrected chi connectivity index (χ4v) is 7.98. The van der Waals surface area contributed by atoms with Crippen LogP contribution in [0.2, 0.25) is 5.02 Å². The van der Waals surface area contributed by atoms with Gasteiger partial charge in [-0.3, -0.25) is 14.4 Å². The standard InChI is InChI=1S/C34H35ClN4O3/c35-30-4-2-1-3-29(30)34(13-14-34)20-38-31-12-7-22(33(36)40)15-28(31)32(37-38)21-5-10-26(11-6-21)42-27-16-23-8-9-24(17-27)39(23)25-18-41-19-25/h1-7,10-12,15,23-25,27H,8-9,13-14,16-20H2,(H2,36,40). The second kappa shape index (κ2) is 10.1. The van der Waals surface area contributed by atoms with Gasteiger partial charge in [0.1, 0.15) is 17.5 Å². The summed E-state index contributed by atoms with van der Waals surface area (Å²) in [6.07, 6.45) is 7.05. The number of halogens is 1. The van der Waals surface area contributed by atoms with Crippen molar-refractivity contribution in [3.63, 3.8) is 0 Å². The largest absolute Gasteiger partial charge is 0.490 e. The molecule has 2 bridgehead atoms. The van der Waals surface area contributed by atoms with E-state index in [9.17, 15) is 4.79 Å². The Balaban J connectivity index is 1.06. The zero-order valence-electron chi connectivity index (χ0n) is 23.5. The molecule has 42 heavy (non-hydrogen) atoms. The molecular formula is C34H35ClN4O3. The molecule has 7 nitrogen and oxygen atoms in total. The number of ether oxygens (including phenoxy) is 2. The predicted octanol–water partition coefficient (Wildman–Crippen LogP) is 5.96. The summed E-state index contributed by atoms with van der Waals surface area (Å²) in [5.74, 6) is 0.444. The minimum atomic E-state index is -0.445. The Kier molecular flexibility index (Phi) is 6.32. The third kappa shape index (κ3) is 4.50. The molecule has 1 aromatic heterocycles. The fourth-order valence-electron chi connectivity index (χ4n) is 7.64. The Morgan fingerprint density at radius 2 is 1.74 bits per heavy atom. The van der Waals surface area contributed by atoms with Crippen LogP contribution in [0.15, 0.2) is 66.7 Å². The molecule has 0 spiro atoms. The molecule has 1 aliphatic carbocycles. The molecule has 4 aromatic rings. The van der Waals surface area contributed by atoms with Crippen LogP contribution in [0, 0.1) is 0 Å². The van der Waals surface area contributed by atoms with Crippen LogP contribution in [0.3, 0.4) is 0 Å². The fraction of sp³-hybridized carbons (Fsp3) is 0.412. The van der Waals surface area contributed by atoms with Gasteiger partial charge in [0.15, 0.2) is 0 Å². The van der Waals surface area contributed by atoms with Gasteiger partial charge in [-0.05, 0) is 92.6 Å². The summed E-state index contributed by atoms with van der Waals surface area (Å²) in [4.78, 5) is 14.8. The quantitative estimate of drug-likeness (QED) is 0.277. The summed E-state index contributed by atoms with van der Waals surface area (Å²) in [5.41, 5.74) is 10.1. The third-order valence-electron chi connectivity index (χ3n) is 10.0. The first kappa shape index (κ1) is 26.3. The first-order valence-corrected chi connectivity index (χ1v) is 15.5. The molecule has 2 unspecified atom stereocenters. The van der Waals surface area contributed by atoms with Crippen molar-refractivity contribution in [3.05, 3.63) is 82.9 Å². The van der Waals surface area contributed by atoms with E-state index in [2.05, 4.69) is 39.9 Å². The van der Waals surface area contributed by atoms with Gasteiger partial charge in [0, 0.05) is 39.0 Å². The summed E-state index contributed by atoms with van der Waals surface area (Å²) >= 11 is 6.62. The molecule has 4 fully saturated rings. The number of piperidine rings is 1. The highest BCUT2D eigenvalue weighted by atomic mass is 35.5. The van der Waals surface area contributed by atoms with Crippen molar-refractivity contribution in [1.82, 2.24) is 14.7 Å². The van der Waals surface area contributed by atoms with Crippen LogP contribution < -0.4 is 10.5 Å². The molecule has 8 rings (SSSR count).